The fourth-order valence-corrected chi connectivity index (χ4v) is 2.40. The zero-order chi connectivity index (χ0) is 17.0. The van der Waals surface area contributed by atoms with Crippen molar-refractivity contribution < 1.29 is 4.79 Å². The molecule has 1 atom stereocenters. The summed E-state index contributed by atoms with van der Waals surface area (Å²) in [4.78, 5) is 12.4. The molecule has 0 aliphatic heterocycles. The number of hydrogen-bond donors (Lipinski definition) is 2. The molecular formula is C16H14Cl4N2O. The number of halogens is 4. The third-order valence-corrected chi connectivity index (χ3v) is 4.05. The highest BCUT2D eigenvalue weighted by atomic mass is 35.6. The summed E-state index contributed by atoms with van der Waals surface area (Å²) >= 11 is 23.8. The minimum atomic E-state index is -1.74. The number of nitrogens with one attached hydrogen (secondary N) is 2. The molecule has 0 radical (unpaired) electrons. The van der Waals surface area contributed by atoms with E-state index in [9.17, 15) is 4.79 Å². The minimum Gasteiger partial charge on any atom is -0.362 e. The summed E-state index contributed by atoms with van der Waals surface area (Å²) < 4.78 is -1.74. The maximum atomic E-state index is 12.4. The average Bonchev–Trinajstić information content (AvgIpc) is 2.48. The number of carbonyl (C=O) groups excluding carboxylic acids is 1. The molecule has 0 heterocycles. The summed E-state index contributed by atoms with van der Waals surface area (Å²) in [6, 6.07) is 14.0. The molecule has 0 aliphatic rings. The summed E-state index contributed by atoms with van der Waals surface area (Å²) in [7, 11) is 0. The summed E-state index contributed by atoms with van der Waals surface area (Å²) in [5, 5.41) is 6.27. The predicted molar refractivity (Wildman–Crippen MR) is 97.8 cm³/mol. The lowest BCUT2D eigenvalue weighted by atomic mass is 10.1. The Balaban J connectivity index is 2.18. The lowest BCUT2D eigenvalue weighted by Crippen LogP contribution is -2.49. The lowest BCUT2D eigenvalue weighted by molar-refractivity contribution is 0.0941. The van der Waals surface area contributed by atoms with E-state index in [1.165, 1.54) is 0 Å². The third-order valence-electron chi connectivity index (χ3n) is 3.15. The Labute approximate surface area is 154 Å². The Morgan fingerprint density at radius 1 is 1.04 bits per heavy atom. The first-order valence-corrected chi connectivity index (χ1v) is 8.24. The molecule has 2 rings (SSSR count). The molecule has 0 aromatic heterocycles. The molecule has 0 saturated carbocycles. The molecule has 7 heteroatoms. The fourth-order valence-electron chi connectivity index (χ4n) is 1.95. The van der Waals surface area contributed by atoms with E-state index in [1.54, 1.807) is 36.4 Å². The van der Waals surface area contributed by atoms with Gasteiger partial charge in [0.2, 0.25) is 3.79 Å². The first-order chi connectivity index (χ1) is 10.8. The van der Waals surface area contributed by atoms with E-state index in [0.29, 0.717) is 16.3 Å². The average molecular weight is 392 g/mol. The van der Waals surface area contributed by atoms with E-state index >= 15 is 0 Å². The zero-order valence-corrected chi connectivity index (χ0v) is 15.1. The Morgan fingerprint density at radius 2 is 1.65 bits per heavy atom. The van der Waals surface area contributed by atoms with Gasteiger partial charge < -0.3 is 10.6 Å². The van der Waals surface area contributed by atoms with Crippen molar-refractivity contribution in [2.75, 3.05) is 5.32 Å². The molecule has 0 aliphatic carbocycles. The summed E-state index contributed by atoms with van der Waals surface area (Å²) in [6.45, 7) is 1.84. The quantitative estimate of drug-likeness (QED) is 0.556. The van der Waals surface area contributed by atoms with Gasteiger partial charge in [0.15, 0.2) is 0 Å². The van der Waals surface area contributed by atoms with Gasteiger partial charge in [-0.15, -0.1) is 0 Å². The van der Waals surface area contributed by atoms with Gasteiger partial charge in [0.05, 0.1) is 0 Å². The second kappa shape index (κ2) is 7.63. The van der Waals surface area contributed by atoms with Crippen molar-refractivity contribution in [3.63, 3.8) is 0 Å². The molecule has 23 heavy (non-hydrogen) atoms. The van der Waals surface area contributed by atoms with Crippen molar-refractivity contribution in [2.45, 2.75) is 16.9 Å². The largest absolute Gasteiger partial charge is 0.362 e. The van der Waals surface area contributed by atoms with Crippen LogP contribution >= 0.6 is 46.4 Å². The van der Waals surface area contributed by atoms with Crippen LogP contribution in [-0.2, 0) is 0 Å². The number of hydrogen-bond acceptors (Lipinski definition) is 2. The molecule has 3 nitrogen and oxygen atoms in total. The standard InChI is InChI=1S/C16H14Cl4N2O/c1-10-4-2-3-5-13(10)14(23)22-15(16(18,19)20)21-12-8-6-11(17)7-9-12/h2-9,15,21H,1H3,(H,22,23)/t15-/m1/s1. The van der Waals surface area contributed by atoms with Crippen LogP contribution < -0.4 is 10.6 Å². The number of aryl methyl sites for hydroxylation is 1. The molecule has 2 aromatic carbocycles. The number of amides is 1. The van der Waals surface area contributed by atoms with E-state index in [4.69, 9.17) is 46.4 Å². The second-order valence-electron chi connectivity index (χ2n) is 4.91. The van der Waals surface area contributed by atoms with Crippen molar-refractivity contribution in [1.82, 2.24) is 5.32 Å². The van der Waals surface area contributed by atoms with Crippen LogP contribution in [0.4, 0.5) is 5.69 Å². The van der Waals surface area contributed by atoms with Crippen LogP contribution in [0.15, 0.2) is 48.5 Å². The van der Waals surface area contributed by atoms with E-state index < -0.39 is 9.96 Å². The van der Waals surface area contributed by atoms with Gasteiger partial charge in [-0.3, -0.25) is 4.79 Å². The normalized spacial score (nSPS) is 12.6. The van der Waals surface area contributed by atoms with Crippen LogP contribution in [0.3, 0.4) is 0 Å². The van der Waals surface area contributed by atoms with Crippen molar-refractivity contribution in [3.05, 3.63) is 64.7 Å². The molecule has 2 aromatic rings. The Bertz CT molecular complexity index is 683. The molecule has 1 amide bonds. The Kier molecular flexibility index (Phi) is 6.04. The first kappa shape index (κ1) is 18.2. The van der Waals surface area contributed by atoms with E-state index in [0.717, 1.165) is 5.56 Å². The molecule has 0 saturated heterocycles. The summed E-state index contributed by atoms with van der Waals surface area (Å²) in [5.41, 5.74) is 2.01. The van der Waals surface area contributed by atoms with Crippen molar-refractivity contribution >= 4 is 58.0 Å². The van der Waals surface area contributed by atoms with Gasteiger partial charge in [0, 0.05) is 16.3 Å². The number of rotatable bonds is 4. The smallest absolute Gasteiger partial charge is 0.253 e. The number of carbonyl (C=O) groups is 1. The molecule has 2 N–H and O–H groups in total. The van der Waals surface area contributed by atoms with Crippen molar-refractivity contribution in [2.24, 2.45) is 0 Å². The van der Waals surface area contributed by atoms with E-state index in [1.807, 2.05) is 19.1 Å². The van der Waals surface area contributed by atoms with Crippen LogP contribution in [0.2, 0.25) is 5.02 Å². The van der Waals surface area contributed by atoms with Gasteiger partial charge >= 0.3 is 0 Å². The molecule has 122 valence electrons. The molecule has 0 fully saturated rings. The lowest BCUT2D eigenvalue weighted by Gasteiger charge is -2.27. The van der Waals surface area contributed by atoms with Gasteiger partial charge in [0.25, 0.3) is 5.91 Å². The zero-order valence-electron chi connectivity index (χ0n) is 12.1. The highest BCUT2D eigenvalue weighted by Crippen LogP contribution is 2.31. The van der Waals surface area contributed by atoms with Crippen LogP contribution in [-0.4, -0.2) is 15.9 Å². The van der Waals surface area contributed by atoms with Crippen molar-refractivity contribution in [1.29, 1.82) is 0 Å². The van der Waals surface area contributed by atoms with Gasteiger partial charge in [-0.2, -0.15) is 0 Å². The maximum absolute atomic E-state index is 12.4. The number of alkyl halides is 3. The Morgan fingerprint density at radius 3 is 2.22 bits per heavy atom. The molecule has 0 bridgehead atoms. The highest BCUT2D eigenvalue weighted by Gasteiger charge is 2.34. The predicted octanol–water partition coefficient (Wildman–Crippen LogP) is 5.19. The molecular weight excluding hydrogens is 378 g/mol. The third kappa shape index (κ3) is 5.18. The summed E-state index contributed by atoms with van der Waals surface area (Å²) in [5.74, 6) is -0.333. The minimum absolute atomic E-state index is 0.333. The van der Waals surface area contributed by atoms with Crippen molar-refractivity contribution in [3.8, 4) is 0 Å². The van der Waals surface area contributed by atoms with Gasteiger partial charge in [-0.1, -0.05) is 64.6 Å². The molecule has 0 spiro atoms. The fraction of sp³-hybridized carbons (Fsp3) is 0.188. The van der Waals surface area contributed by atoms with Gasteiger partial charge in [0.1, 0.15) is 6.17 Å². The van der Waals surface area contributed by atoms with E-state index in [2.05, 4.69) is 10.6 Å². The topological polar surface area (TPSA) is 41.1 Å². The monoisotopic (exact) mass is 390 g/mol. The van der Waals surface area contributed by atoms with Gasteiger partial charge in [-0.05, 0) is 42.8 Å². The number of benzene rings is 2. The maximum Gasteiger partial charge on any atom is 0.253 e. The Hall–Kier alpha value is -1.13. The SMILES string of the molecule is Cc1ccccc1C(=O)N[C@@H](Nc1ccc(Cl)cc1)C(Cl)(Cl)Cl. The van der Waals surface area contributed by atoms with E-state index in [-0.39, 0.29) is 5.91 Å². The number of anilines is 1. The van der Waals surface area contributed by atoms with Crippen LogP contribution in [0, 0.1) is 6.92 Å². The van der Waals surface area contributed by atoms with Crippen LogP contribution in [0.5, 0.6) is 0 Å². The molecule has 0 unspecified atom stereocenters. The second-order valence-corrected chi connectivity index (χ2v) is 7.72. The summed E-state index contributed by atoms with van der Waals surface area (Å²) in [6.07, 6.45) is -0.916. The van der Waals surface area contributed by atoms with Crippen LogP contribution in [0.1, 0.15) is 15.9 Å². The highest BCUT2D eigenvalue weighted by molar-refractivity contribution is 6.68. The van der Waals surface area contributed by atoms with Crippen LogP contribution in [0.25, 0.3) is 0 Å². The first-order valence-electron chi connectivity index (χ1n) is 6.72. The van der Waals surface area contributed by atoms with Gasteiger partial charge in [-0.25, -0.2) is 0 Å².